The van der Waals surface area contributed by atoms with Crippen LogP contribution >= 0.6 is 11.3 Å². The van der Waals surface area contributed by atoms with Gasteiger partial charge >= 0.3 is 0 Å². The van der Waals surface area contributed by atoms with Crippen LogP contribution in [0.1, 0.15) is 11.3 Å². The molecule has 120 valence electrons. The Morgan fingerprint density at radius 3 is 2.42 bits per heavy atom. The number of rotatable bonds is 3. The molecule has 1 aromatic carbocycles. The fourth-order valence-electron chi connectivity index (χ4n) is 2.45. The van der Waals surface area contributed by atoms with Gasteiger partial charge in [-0.05, 0) is 30.7 Å². The second kappa shape index (κ2) is 6.18. The maximum absolute atomic E-state index is 9.46. The molecule has 3 rings (SSSR count). The Bertz CT molecular complexity index is 941. The molecular formula is C17H15N5OS. The minimum Gasteiger partial charge on any atom is -0.497 e. The first-order valence-electron chi connectivity index (χ1n) is 7.11. The average molecular weight is 337 g/mol. The number of nitrogen functional groups attached to an aromatic ring is 2. The van der Waals surface area contributed by atoms with Gasteiger partial charge in [-0.2, -0.15) is 5.26 Å². The summed E-state index contributed by atoms with van der Waals surface area (Å²) < 4.78 is 5.17. The summed E-state index contributed by atoms with van der Waals surface area (Å²) in [7, 11) is 1.61. The van der Waals surface area contributed by atoms with Crippen molar-refractivity contribution in [3.63, 3.8) is 0 Å². The predicted octanol–water partition coefficient (Wildman–Crippen LogP) is 3.23. The van der Waals surface area contributed by atoms with Gasteiger partial charge in [0.2, 0.25) is 0 Å². The topological polar surface area (TPSA) is 111 Å². The third-order valence-corrected chi connectivity index (χ3v) is 4.62. The van der Waals surface area contributed by atoms with E-state index in [1.807, 2.05) is 37.3 Å². The van der Waals surface area contributed by atoms with Crippen LogP contribution in [0.15, 0.2) is 30.3 Å². The molecule has 0 saturated carbocycles. The van der Waals surface area contributed by atoms with Gasteiger partial charge in [0, 0.05) is 5.56 Å². The molecule has 6 nitrogen and oxygen atoms in total. The lowest BCUT2D eigenvalue weighted by atomic mass is 9.99. The lowest BCUT2D eigenvalue weighted by Crippen LogP contribution is -1.99. The summed E-state index contributed by atoms with van der Waals surface area (Å²) in [6.07, 6.45) is 0. The monoisotopic (exact) mass is 337 g/mol. The molecule has 2 heterocycles. The van der Waals surface area contributed by atoms with Crippen molar-refractivity contribution >= 4 is 22.3 Å². The van der Waals surface area contributed by atoms with Crippen LogP contribution in [-0.2, 0) is 0 Å². The van der Waals surface area contributed by atoms with Crippen LogP contribution in [0.25, 0.3) is 21.7 Å². The molecule has 24 heavy (non-hydrogen) atoms. The molecule has 0 spiro atoms. The SMILES string of the molecule is COc1ccc(-c2cc(-c3sc(N)nc3C)nc(N)c2C#N)cc1. The summed E-state index contributed by atoms with van der Waals surface area (Å²) in [5.74, 6) is 0.928. The third kappa shape index (κ3) is 2.75. The van der Waals surface area contributed by atoms with E-state index in [4.69, 9.17) is 16.2 Å². The van der Waals surface area contributed by atoms with Crippen LogP contribution in [0, 0.1) is 18.3 Å². The Hall–Kier alpha value is -3.11. The van der Waals surface area contributed by atoms with Crippen molar-refractivity contribution in [1.82, 2.24) is 9.97 Å². The Kier molecular flexibility index (Phi) is 4.06. The van der Waals surface area contributed by atoms with Crippen LogP contribution < -0.4 is 16.2 Å². The molecule has 2 aromatic heterocycles. The molecular weight excluding hydrogens is 322 g/mol. The molecule has 0 aliphatic carbocycles. The molecule has 0 unspecified atom stereocenters. The molecule has 0 radical (unpaired) electrons. The number of methoxy groups -OCH3 is 1. The number of thiazole rings is 1. The maximum atomic E-state index is 9.46. The minimum absolute atomic E-state index is 0.187. The summed E-state index contributed by atoms with van der Waals surface area (Å²) in [6.45, 7) is 1.87. The summed E-state index contributed by atoms with van der Waals surface area (Å²) in [4.78, 5) is 9.42. The van der Waals surface area contributed by atoms with Crippen molar-refractivity contribution in [3.8, 4) is 33.5 Å². The van der Waals surface area contributed by atoms with Gasteiger partial charge in [-0.1, -0.05) is 23.5 Å². The number of ether oxygens (including phenoxy) is 1. The number of benzene rings is 1. The first-order chi connectivity index (χ1) is 11.5. The lowest BCUT2D eigenvalue weighted by Gasteiger charge is -2.10. The smallest absolute Gasteiger partial charge is 0.180 e. The number of hydrogen-bond donors (Lipinski definition) is 2. The second-order valence-electron chi connectivity index (χ2n) is 5.12. The van der Waals surface area contributed by atoms with Crippen LogP contribution in [0.4, 0.5) is 10.9 Å². The number of aromatic nitrogens is 2. The molecule has 0 amide bonds. The van der Waals surface area contributed by atoms with Crippen LogP contribution in [0.5, 0.6) is 5.75 Å². The maximum Gasteiger partial charge on any atom is 0.180 e. The number of anilines is 2. The Balaban J connectivity index is 2.20. The van der Waals surface area contributed by atoms with Crippen LogP contribution in [0.3, 0.4) is 0 Å². The first kappa shape index (κ1) is 15.8. The van der Waals surface area contributed by atoms with Crippen LogP contribution in [0.2, 0.25) is 0 Å². The highest BCUT2D eigenvalue weighted by Crippen LogP contribution is 2.36. The van der Waals surface area contributed by atoms with Crippen molar-refractivity contribution in [3.05, 3.63) is 41.6 Å². The zero-order chi connectivity index (χ0) is 17.3. The molecule has 0 aliphatic rings. The van der Waals surface area contributed by atoms with E-state index in [0.29, 0.717) is 22.0 Å². The summed E-state index contributed by atoms with van der Waals surface area (Å²) in [5.41, 5.74) is 15.2. The van der Waals surface area contributed by atoms with Gasteiger partial charge in [-0.25, -0.2) is 9.97 Å². The first-order valence-corrected chi connectivity index (χ1v) is 7.93. The van der Waals surface area contributed by atoms with Gasteiger partial charge in [-0.3, -0.25) is 0 Å². The largest absolute Gasteiger partial charge is 0.497 e. The number of pyridine rings is 1. The molecule has 7 heteroatoms. The quantitative estimate of drug-likeness (QED) is 0.759. The Morgan fingerprint density at radius 1 is 1.17 bits per heavy atom. The highest BCUT2D eigenvalue weighted by molar-refractivity contribution is 7.18. The van der Waals surface area contributed by atoms with Gasteiger partial charge in [-0.15, -0.1) is 0 Å². The van der Waals surface area contributed by atoms with Crippen molar-refractivity contribution in [2.45, 2.75) is 6.92 Å². The zero-order valence-corrected chi connectivity index (χ0v) is 14.0. The second-order valence-corrected chi connectivity index (χ2v) is 6.15. The number of nitrogens with zero attached hydrogens (tertiary/aromatic N) is 3. The van der Waals surface area contributed by atoms with E-state index in [0.717, 1.165) is 21.9 Å². The fourth-order valence-corrected chi connectivity index (χ4v) is 3.25. The van der Waals surface area contributed by atoms with E-state index >= 15 is 0 Å². The number of aryl methyl sites for hydroxylation is 1. The van der Waals surface area contributed by atoms with Gasteiger partial charge in [0.25, 0.3) is 0 Å². The van der Waals surface area contributed by atoms with Crippen molar-refractivity contribution in [2.75, 3.05) is 18.6 Å². The van der Waals surface area contributed by atoms with E-state index in [1.54, 1.807) is 7.11 Å². The van der Waals surface area contributed by atoms with Gasteiger partial charge < -0.3 is 16.2 Å². The Morgan fingerprint density at radius 2 is 1.88 bits per heavy atom. The predicted molar refractivity (Wildman–Crippen MR) is 95.6 cm³/mol. The van der Waals surface area contributed by atoms with E-state index in [9.17, 15) is 5.26 Å². The minimum atomic E-state index is 0.187. The molecule has 0 bridgehead atoms. The van der Waals surface area contributed by atoms with Crippen molar-refractivity contribution in [1.29, 1.82) is 5.26 Å². The third-order valence-electron chi connectivity index (χ3n) is 3.61. The lowest BCUT2D eigenvalue weighted by molar-refractivity contribution is 0.415. The fraction of sp³-hybridized carbons (Fsp3) is 0.118. The number of nitrogens with two attached hydrogens (primary N) is 2. The summed E-state index contributed by atoms with van der Waals surface area (Å²) in [5, 5.41) is 9.93. The highest BCUT2D eigenvalue weighted by Gasteiger charge is 2.16. The van der Waals surface area contributed by atoms with E-state index < -0.39 is 0 Å². The summed E-state index contributed by atoms with van der Waals surface area (Å²) in [6, 6.07) is 11.4. The van der Waals surface area contributed by atoms with E-state index in [2.05, 4.69) is 16.0 Å². The standard InChI is InChI=1S/C17H15N5OS/c1-9-15(24-17(20)21-9)14-7-12(13(8-18)16(19)22-14)10-3-5-11(23-2)6-4-10/h3-7H,1-2H3,(H2,19,22)(H2,20,21). The van der Waals surface area contributed by atoms with Crippen molar-refractivity contribution in [2.24, 2.45) is 0 Å². The molecule has 0 fully saturated rings. The van der Waals surface area contributed by atoms with E-state index in [-0.39, 0.29) is 5.82 Å². The molecule has 0 atom stereocenters. The van der Waals surface area contributed by atoms with Gasteiger partial charge in [0.05, 0.1) is 23.4 Å². The van der Waals surface area contributed by atoms with Crippen LogP contribution in [-0.4, -0.2) is 17.1 Å². The zero-order valence-electron chi connectivity index (χ0n) is 13.2. The molecule has 3 aromatic rings. The Labute approximate surface area is 143 Å². The number of nitriles is 1. The summed E-state index contributed by atoms with van der Waals surface area (Å²) >= 11 is 1.35. The van der Waals surface area contributed by atoms with E-state index in [1.165, 1.54) is 11.3 Å². The number of hydrogen-bond acceptors (Lipinski definition) is 7. The van der Waals surface area contributed by atoms with Gasteiger partial charge in [0.1, 0.15) is 23.2 Å². The van der Waals surface area contributed by atoms with Gasteiger partial charge in [0.15, 0.2) is 5.13 Å². The molecule has 0 aliphatic heterocycles. The normalized spacial score (nSPS) is 10.4. The van der Waals surface area contributed by atoms with Crippen molar-refractivity contribution < 1.29 is 4.74 Å². The molecule has 4 N–H and O–H groups in total. The average Bonchev–Trinajstić information content (AvgIpc) is 2.92. The highest BCUT2D eigenvalue weighted by atomic mass is 32.1. The molecule has 0 saturated heterocycles.